The summed E-state index contributed by atoms with van der Waals surface area (Å²) in [5.41, 5.74) is 3.24. The van der Waals surface area contributed by atoms with Gasteiger partial charge in [0.2, 0.25) is 5.89 Å². The van der Waals surface area contributed by atoms with Crippen molar-refractivity contribution in [3.63, 3.8) is 0 Å². The van der Waals surface area contributed by atoms with Gasteiger partial charge in [-0.25, -0.2) is 4.98 Å². The van der Waals surface area contributed by atoms with E-state index < -0.39 is 5.97 Å². The number of aliphatic carboxylic acids is 1. The second kappa shape index (κ2) is 11.8. The Hall–Kier alpha value is -4.79. The van der Waals surface area contributed by atoms with E-state index in [1.165, 1.54) is 18.2 Å². The van der Waals surface area contributed by atoms with Gasteiger partial charge in [0.25, 0.3) is 0 Å². The highest BCUT2D eigenvalue weighted by Gasteiger charge is 2.13. The minimum Gasteiger partial charge on any atom is -0.504 e. The average Bonchev–Trinajstić information content (AvgIpc) is 3.28. The molecule has 4 aromatic rings. The predicted octanol–water partition coefficient (Wildman–Crippen LogP) is 5.43. The van der Waals surface area contributed by atoms with Gasteiger partial charge in [0, 0.05) is 17.5 Å². The summed E-state index contributed by atoms with van der Waals surface area (Å²) < 4.78 is 11.6. The normalized spacial score (nSPS) is 11.3. The number of oxazole rings is 1. The minimum absolute atomic E-state index is 0.0970. The quantitative estimate of drug-likeness (QED) is 0.140. The molecule has 0 amide bonds. The number of aromatic hydroxyl groups is 2. The van der Waals surface area contributed by atoms with Crippen LogP contribution in [0.1, 0.15) is 35.4 Å². The molecule has 0 aliphatic rings. The van der Waals surface area contributed by atoms with Crippen molar-refractivity contribution in [3.8, 4) is 28.7 Å². The summed E-state index contributed by atoms with van der Waals surface area (Å²) >= 11 is 0. The number of oxime groups is 1. The second-order valence-electron chi connectivity index (χ2n) is 8.23. The van der Waals surface area contributed by atoms with E-state index in [1.54, 1.807) is 12.1 Å². The molecular weight excluding hydrogens is 476 g/mol. The number of phenolic OH excluding ortho intramolecular Hbond substituents is 2. The summed E-state index contributed by atoms with van der Waals surface area (Å²) in [6.07, 6.45) is -0.0620. The number of ether oxygens (including phenoxy) is 1. The highest BCUT2D eigenvalue weighted by atomic mass is 16.6. The lowest BCUT2D eigenvalue weighted by atomic mass is 10.1. The third-order valence-corrected chi connectivity index (χ3v) is 5.50. The molecule has 4 rings (SSSR count). The van der Waals surface area contributed by atoms with Gasteiger partial charge in [0.1, 0.15) is 30.4 Å². The number of phenols is 2. The van der Waals surface area contributed by atoms with Crippen molar-refractivity contribution in [2.75, 3.05) is 0 Å². The monoisotopic (exact) mass is 502 g/mol. The molecule has 0 fully saturated rings. The Kier molecular flexibility index (Phi) is 8.05. The largest absolute Gasteiger partial charge is 0.504 e. The highest BCUT2D eigenvalue weighted by molar-refractivity contribution is 6.01. The van der Waals surface area contributed by atoms with Crippen LogP contribution in [-0.4, -0.2) is 32.0 Å². The number of carbonyl (C=O) groups is 1. The van der Waals surface area contributed by atoms with Crippen LogP contribution >= 0.6 is 0 Å². The van der Waals surface area contributed by atoms with Crippen molar-refractivity contribution in [1.82, 2.24) is 4.98 Å². The van der Waals surface area contributed by atoms with Gasteiger partial charge in [-0.2, -0.15) is 0 Å². The number of hydrogen-bond donors (Lipinski definition) is 3. The lowest BCUT2D eigenvalue weighted by Gasteiger charge is -2.08. The first-order valence-corrected chi connectivity index (χ1v) is 11.6. The van der Waals surface area contributed by atoms with Crippen molar-refractivity contribution in [3.05, 3.63) is 95.4 Å². The SMILES string of the molecule is Cc1oc(-c2ccccc2)nc1COc1ccc(CO/N=C(\CCC(=O)O)c2ccc(O)c(O)c2)cc1. The Bertz CT molecular complexity index is 1380. The topological polar surface area (TPSA) is 135 Å². The fourth-order valence-electron chi connectivity index (χ4n) is 3.46. The standard InChI is InChI=1S/C28H26N2O7/c1-18-24(29-28(37-18)20-5-3-2-4-6-20)17-35-22-10-7-19(8-11-22)16-36-30-23(12-14-27(33)34)21-9-13-25(31)26(32)15-21/h2-11,13,15,31-32H,12,14,16-17H2,1H3,(H,33,34)/b30-23+. The van der Waals surface area contributed by atoms with Gasteiger partial charge in [-0.1, -0.05) is 35.5 Å². The van der Waals surface area contributed by atoms with Crippen molar-refractivity contribution >= 4 is 11.7 Å². The van der Waals surface area contributed by atoms with Crippen LogP contribution in [0.3, 0.4) is 0 Å². The van der Waals surface area contributed by atoms with E-state index in [4.69, 9.17) is 19.1 Å². The fourth-order valence-corrected chi connectivity index (χ4v) is 3.46. The maximum absolute atomic E-state index is 11.0. The molecule has 37 heavy (non-hydrogen) atoms. The Morgan fingerprint density at radius 1 is 0.946 bits per heavy atom. The van der Waals surface area contributed by atoms with E-state index in [9.17, 15) is 15.0 Å². The van der Waals surface area contributed by atoms with Crippen LogP contribution in [0.4, 0.5) is 0 Å². The average molecular weight is 503 g/mol. The number of aryl methyl sites for hydroxylation is 1. The van der Waals surface area contributed by atoms with Gasteiger partial charge in [-0.15, -0.1) is 0 Å². The van der Waals surface area contributed by atoms with E-state index in [0.717, 1.165) is 16.8 Å². The predicted molar refractivity (Wildman–Crippen MR) is 135 cm³/mol. The molecule has 0 atom stereocenters. The number of nitrogens with zero attached hydrogens (tertiary/aromatic N) is 2. The van der Waals surface area contributed by atoms with Crippen molar-refractivity contribution < 1.29 is 34.1 Å². The van der Waals surface area contributed by atoms with E-state index in [2.05, 4.69) is 10.1 Å². The Balaban J connectivity index is 1.35. The third kappa shape index (κ3) is 6.88. The van der Waals surface area contributed by atoms with Crippen LogP contribution in [0.15, 0.2) is 82.4 Å². The summed E-state index contributed by atoms with van der Waals surface area (Å²) in [6, 6.07) is 21.1. The molecule has 1 aromatic heterocycles. The van der Waals surface area contributed by atoms with Gasteiger partial charge >= 0.3 is 5.97 Å². The molecule has 3 aromatic carbocycles. The molecule has 0 spiro atoms. The first kappa shape index (κ1) is 25.3. The van der Waals surface area contributed by atoms with Crippen LogP contribution in [-0.2, 0) is 22.8 Å². The van der Waals surface area contributed by atoms with Crippen LogP contribution in [0.5, 0.6) is 17.2 Å². The molecule has 0 aliphatic carbocycles. The Morgan fingerprint density at radius 2 is 1.70 bits per heavy atom. The van der Waals surface area contributed by atoms with E-state index >= 15 is 0 Å². The molecule has 0 bridgehead atoms. The lowest BCUT2D eigenvalue weighted by molar-refractivity contribution is -0.136. The number of aromatic nitrogens is 1. The summed E-state index contributed by atoms with van der Waals surface area (Å²) in [5, 5.41) is 32.4. The van der Waals surface area contributed by atoms with Gasteiger partial charge < -0.3 is 29.3 Å². The molecule has 0 radical (unpaired) electrons. The molecule has 1 heterocycles. The van der Waals surface area contributed by atoms with Gasteiger partial charge in [0.05, 0.1) is 12.1 Å². The van der Waals surface area contributed by atoms with Crippen molar-refractivity contribution in [2.24, 2.45) is 5.16 Å². The highest BCUT2D eigenvalue weighted by Crippen LogP contribution is 2.26. The van der Waals surface area contributed by atoms with Gasteiger partial charge in [-0.05, 0) is 55.0 Å². The van der Waals surface area contributed by atoms with E-state index in [0.29, 0.717) is 28.7 Å². The molecule has 0 saturated carbocycles. The number of benzene rings is 3. The Morgan fingerprint density at radius 3 is 2.41 bits per heavy atom. The third-order valence-electron chi connectivity index (χ3n) is 5.50. The van der Waals surface area contributed by atoms with E-state index in [1.807, 2.05) is 49.4 Å². The molecule has 0 saturated heterocycles. The first-order chi connectivity index (χ1) is 17.9. The zero-order valence-corrected chi connectivity index (χ0v) is 20.1. The summed E-state index contributed by atoms with van der Waals surface area (Å²) in [6.45, 7) is 2.25. The molecule has 9 nitrogen and oxygen atoms in total. The number of carboxylic acid groups (broad SMARTS) is 1. The van der Waals surface area contributed by atoms with Crippen molar-refractivity contribution in [1.29, 1.82) is 0 Å². The van der Waals surface area contributed by atoms with Crippen LogP contribution < -0.4 is 4.74 Å². The maximum atomic E-state index is 11.0. The summed E-state index contributed by atoms with van der Waals surface area (Å²) in [7, 11) is 0. The number of hydrogen-bond acceptors (Lipinski definition) is 8. The van der Waals surface area contributed by atoms with Gasteiger partial charge in [0.15, 0.2) is 11.5 Å². The fraction of sp³-hybridized carbons (Fsp3) is 0.179. The molecular formula is C28H26N2O7. The maximum Gasteiger partial charge on any atom is 0.303 e. The van der Waals surface area contributed by atoms with Gasteiger partial charge in [-0.3, -0.25) is 4.79 Å². The molecule has 0 unspecified atom stereocenters. The lowest BCUT2D eigenvalue weighted by Crippen LogP contribution is -2.06. The number of carboxylic acids is 1. The van der Waals surface area contributed by atoms with Crippen LogP contribution in [0, 0.1) is 6.92 Å². The molecule has 190 valence electrons. The zero-order chi connectivity index (χ0) is 26.2. The smallest absolute Gasteiger partial charge is 0.303 e. The second-order valence-corrected chi connectivity index (χ2v) is 8.23. The molecule has 9 heteroatoms. The first-order valence-electron chi connectivity index (χ1n) is 11.6. The van der Waals surface area contributed by atoms with E-state index in [-0.39, 0.29) is 37.6 Å². The Labute approximate surface area is 213 Å². The van der Waals surface area contributed by atoms with Crippen molar-refractivity contribution in [2.45, 2.75) is 33.0 Å². The molecule has 3 N–H and O–H groups in total. The van der Waals surface area contributed by atoms with Crippen LogP contribution in [0.25, 0.3) is 11.5 Å². The summed E-state index contributed by atoms with van der Waals surface area (Å²) in [4.78, 5) is 21.0. The minimum atomic E-state index is -0.983. The molecule has 0 aliphatic heterocycles. The number of rotatable bonds is 11. The zero-order valence-electron chi connectivity index (χ0n) is 20.1. The van der Waals surface area contributed by atoms with Crippen LogP contribution in [0.2, 0.25) is 0 Å². The summed E-state index contributed by atoms with van der Waals surface area (Å²) in [5.74, 6) is 0.312.